The number of rotatable bonds is 4. The van der Waals surface area contributed by atoms with Crippen molar-refractivity contribution in [2.45, 2.75) is 25.5 Å². The third-order valence-corrected chi connectivity index (χ3v) is 4.09. The fourth-order valence-electron chi connectivity index (χ4n) is 2.80. The largest absolute Gasteiger partial charge is 0.388 e. The Morgan fingerprint density at radius 3 is 2.56 bits per heavy atom. The van der Waals surface area contributed by atoms with E-state index in [-0.39, 0.29) is 5.56 Å². The van der Waals surface area contributed by atoms with Crippen molar-refractivity contribution in [1.29, 1.82) is 0 Å². The van der Waals surface area contributed by atoms with E-state index >= 15 is 0 Å². The molecule has 1 amide bonds. The number of aliphatic hydroxyl groups is 1. The third kappa shape index (κ3) is 3.67. The molecule has 0 saturated heterocycles. The fourth-order valence-corrected chi connectivity index (χ4v) is 2.80. The molecule has 2 aromatic carbocycles. The molecule has 2 N–H and O–H groups in total. The quantitative estimate of drug-likeness (QED) is 0.764. The van der Waals surface area contributed by atoms with Crippen molar-refractivity contribution in [3.8, 4) is 0 Å². The van der Waals surface area contributed by atoms with Crippen LogP contribution in [0, 0.1) is 5.82 Å². The van der Waals surface area contributed by atoms with Gasteiger partial charge < -0.3 is 10.4 Å². The highest BCUT2D eigenvalue weighted by Crippen LogP contribution is 2.26. The Balaban J connectivity index is 1.96. The normalized spacial score (nSPS) is 12.8. The number of fused-ring (bicyclic) bond motifs is 1. The van der Waals surface area contributed by atoms with Gasteiger partial charge in [0.15, 0.2) is 0 Å². The summed E-state index contributed by atoms with van der Waals surface area (Å²) in [5, 5.41) is 14.5. The zero-order valence-electron chi connectivity index (χ0n) is 14.0. The van der Waals surface area contributed by atoms with Gasteiger partial charge in [-0.05, 0) is 43.0 Å². The van der Waals surface area contributed by atoms with Gasteiger partial charge in [0, 0.05) is 17.8 Å². The molecule has 1 aromatic heterocycles. The highest BCUT2D eigenvalue weighted by atomic mass is 19.1. The van der Waals surface area contributed by atoms with Crippen molar-refractivity contribution in [1.82, 2.24) is 10.3 Å². The first kappa shape index (κ1) is 17.0. The number of hydrogen-bond donors (Lipinski definition) is 2. The first-order valence-electron chi connectivity index (χ1n) is 7.98. The van der Waals surface area contributed by atoms with E-state index in [1.165, 1.54) is 12.1 Å². The van der Waals surface area contributed by atoms with Crippen molar-refractivity contribution < 1.29 is 14.3 Å². The maximum atomic E-state index is 14.4. The van der Waals surface area contributed by atoms with Crippen LogP contribution in [-0.4, -0.2) is 21.6 Å². The van der Waals surface area contributed by atoms with E-state index in [0.29, 0.717) is 5.39 Å². The Hall–Kier alpha value is -2.79. The van der Waals surface area contributed by atoms with Crippen LogP contribution in [0.25, 0.3) is 10.8 Å². The first-order chi connectivity index (χ1) is 11.9. The minimum absolute atomic E-state index is 0.0659. The summed E-state index contributed by atoms with van der Waals surface area (Å²) < 4.78 is 14.4. The number of amides is 1. The van der Waals surface area contributed by atoms with Crippen molar-refractivity contribution in [2.75, 3.05) is 0 Å². The lowest BCUT2D eigenvalue weighted by Crippen LogP contribution is -2.42. The van der Waals surface area contributed by atoms with E-state index in [4.69, 9.17) is 0 Å². The average molecular weight is 338 g/mol. The second kappa shape index (κ2) is 6.61. The topological polar surface area (TPSA) is 62.2 Å². The number of aromatic nitrogens is 1. The molecule has 0 spiro atoms. The van der Waals surface area contributed by atoms with Gasteiger partial charge in [-0.15, -0.1) is 0 Å². The van der Waals surface area contributed by atoms with Gasteiger partial charge in [-0.25, -0.2) is 4.39 Å². The van der Waals surface area contributed by atoms with E-state index in [1.807, 2.05) is 30.3 Å². The van der Waals surface area contributed by atoms with Crippen LogP contribution in [-0.2, 0) is 0 Å². The van der Waals surface area contributed by atoms with Crippen molar-refractivity contribution in [2.24, 2.45) is 0 Å². The molecular formula is C20H19FN2O2. The number of pyridine rings is 1. The molecule has 0 radical (unpaired) electrons. The molecule has 128 valence electrons. The predicted molar refractivity (Wildman–Crippen MR) is 94.6 cm³/mol. The highest BCUT2D eigenvalue weighted by molar-refractivity contribution is 5.99. The molecule has 0 fully saturated rings. The number of halogens is 1. The summed E-state index contributed by atoms with van der Waals surface area (Å²) in [6.45, 7) is 3.21. The number of carbonyl (C=O) groups is 1. The molecule has 0 aliphatic carbocycles. The molecule has 4 nitrogen and oxygen atoms in total. The monoisotopic (exact) mass is 338 g/mol. The van der Waals surface area contributed by atoms with Crippen LogP contribution in [0.4, 0.5) is 4.39 Å². The van der Waals surface area contributed by atoms with Crippen molar-refractivity contribution in [3.05, 3.63) is 77.9 Å². The highest BCUT2D eigenvalue weighted by Gasteiger charge is 2.30. The summed E-state index contributed by atoms with van der Waals surface area (Å²) in [7, 11) is 0. The smallest absolute Gasteiger partial charge is 0.254 e. The SMILES string of the molecule is CC(C)(O)C(NC(=O)c1cc2ccncc2cc1F)c1ccccc1. The number of nitrogens with zero attached hydrogens (tertiary/aromatic N) is 1. The Kier molecular flexibility index (Phi) is 4.51. The van der Waals surface area contributed by atoms with E-state index in [1.54, 1.807) is 32.3 Å². The molecule has 3 rings (SSSR count). The van der Waals surface area contributed by atoms with Crippen LogP contribution < -0.4 is 5.32 Å². The number of carbonyl (C=O) groups excluding carboxylic acids is 1. The molecule has 1 unspecified atom stereocenters. The predicted octanol–water partition coefficient (Wildman–Crippen LogP) is 3.62. The van der Waals surface area contributed by atoms with Crippen LogP contribution in [0.5, 0.6) is 0 Å². The molecule has 0 bridgehead atoms. The van der Waals surface area contributed by atoms with Crippen LogP contribution in [0.3, 0.4) is 0 Å². The van der Waals surface area contributed by atoms with Gasteiger partial charge >= 0.3 is 0 Å². The van der Waals surface area contributed by atoms with Gasteiger partial charge in [0.25, 0.3) is 5.91 Å². The molecule has 0 saturated carbocycles. The Labute approximate surface area is 145 Å². The van der Waals surface area contributed by atoms with Crippen LogP contribution >= 0.6 is 0 Å². The maximum absolute atomic E-state index is 14.4. The number of hydrogen-bond acceptors (Lipinski definition) is 3. The molecule has 1 heterocycles. The molecular weight excluding hydrogens is 319 g/mol. The Bertz CT molecular complexity index is 904. The zero-order valence-corrected chi connectivity index (χ0v) is 14.0. The summed E-state index contributed by atoms with van der Waals surface area (Å²) in [5.41, 5.74) is -0.536. The molecule has 0 aliphatic heterocycles. The van der Waals surface area contributed by atoms with Gasteiger partial charge in [0.1, 0.15) is 5.82 Å². The molecule has 5 heteroatoms. The second-order valence-corrected chi connectivity index (χ2v) is 6.53. The third-order valence-electron chi connectivity index (χ3n) is 4.09. The van der Waals surface area contributed by atoms with E-state index in [9.17, 15) is 14.3 Å². The summed E-state index contributed by atoms with van der Waals surface area (Å²) in [6, 6.07) is 12.9. The molecule has 0 aliphatic rings. The molecule has 25 heavy (non-hydrogen) atoms. The van der Waals surface area contributed by atoms with Gasteiger partial charge in [-0.1, -0.05) is 30.3 Å². The summed E-state index contributed by atoms with van der Waals surface area (Å²) in [6.07, 6.45) is 3.13. The Morgan fingerprint density at radius 2 is 1.88 bits per heavy atom. The number of benzene rings is 2. The van der Waals surface area contributed by atoms with Crippen LogP contribution in [0.2, 0.25) is 0 Å². The molecule has 1 atom stereocenters. The van der Waals surface area contributed by atoms with Crippen LogP contribution in [0.1, 0.15) is 35.8 Å². The lowest BCUT2D eigenvalue weighted by atomic mass is 9.91. The van der Waals surface area contributed by atoms with Gasteiger partial charge in [-0.2, -0.15) is 0 Å². The van der Waals surface area contributed by atoms with E-state index in [2.05, 4.69) is 10.3 Å². The minimum atomic E-state index is -1.21. The fraction of sp³-hybridized carbons (Fsp3) is 0.200. The summed E-state index contributed by atoms with van der Waals surface area (Å²) in [5.74, 6) is -1.20. The van der Waals surface area contributed by atoms with Gasteiger partial charge in [0.05, 0.1) is 17.2 Å². The standard InChI is InChI=1S/C20H19FN2O2/c1-20(2,25)18(13-6-4-3-5-7-13)23-19(24)16-10-14-8-9-22-12-15(14)11-17(16)21/h3-12,18,25H,1-2H3,(H,23,24). The molecule has 3 aromatic rings. The van der Waals surface area contributed by atoms with Crippen molar-refractivity contribution >= 4 is 16.7 Å². The zero-order chi connectivity index (χ0) is 18.0. The van der Waals surface area contributed by atoms with Gasteiger partial charge in [0.2, 0.25) is 0 Å². The van der Waals surface area contributed by atoms with E-state index in [0.717, 1.165) is 10.9 Å². The lowest BCUT2D eigenvalue weighted by molar-refractivity contribution is 0.0343. The van der Waals surface area contributed by atoms with Crippen molar-refractivity contribution in [3.63, 3.8) is 0 Å². The van der Waals surface area contributed by atoms with Gasteiger partial charge in [-0.3, -0.25) is 9.78 Å². The lowest BCUT2D eigenvalue weighted by Gasteiger charge is -2.30. The maximum Gasteiger partial charge on any atom is 0.254 e. The average Bonchev–Trinajstić information content (AvgIpc) is 2.58. The first-order valence-corrected chi connectivity index (χ1v) is 7.98. The van der Waals surface area contributed by atoms with Crippen LogP contribution in [0.15, 0.2) is 60.9 Å². The summed E-state index contributed by atoms with van der Waals surface area (Å²) in [4.78, 5) is 16.6. The Morgan fingerprint density at radius 1 is 1.16 bits per heavy atom. The second-order valence-electron chi connectivity index (χ2n) is 6.53. The summed E-state index contributed by atoms with van der Waals surface area (Å²) >= 11 is 0. The van der Waals surface area contributed by atoms with E-state index < -0.39 is 23.4 Å². The number of nitrogens with one attached hydrogen (secondary N) is 1. The minimum Gasteiger partial charge on any atom is -0.388 e.